The molecule has 1 aromatic carbocycles. The van der Waals surface area contributed by atoms with Crippen LogP contribution in [-0.2, 0) is 5.54 Å². The molecule has 2 aromatic heterocycles. The van der Waals surface area contributed by atoms with Gasteiger partial charge in [-0.25, -0.2) is 18.7 Å². The summed E-state index contributed by atoms with van der Waals surface area (Å²) < 4.78 is 58.0. The van der Waals surface area contributed by atoms with Crippen LogP contribution in [0, 0.1) is 11.6 Å². The zero-order valence-corrected chi connectivity index (χ0v) is 13.8. The van der Waals surface area contributed by atoms with E-state index in [-0.39, 0.29) is 23.1 Å². The van der Waals surface area contributed by atoms with Crippen LogP contribution >= 0.6 is 0 Å². The molecule has 1 aliphatic carbocycles. The van der Waals surface area contributed by atoms with Crippen molar-refractivity contribution in [2.24, 2.45) is 0 Å². The van der Waals surface area contributed by atoms with Gasteiger partial charge in [-0.05, 0) is 31.4 Å². The molecule has 1 saturated carbocycles. The highest BCUT2D eigenvalue weighted by Gasteiger charge is 2.42. The molecular weight excluding hydrogens is 366 g/mol. The highest BCUT2D eigenvalue weighted by molar-refractivity contribution is 5.50. The number of alkyl halides is 2. The number of benzene rings is 1. The van der Waals surface area contributed by atoms with Gasteiger partial charge in [-0.2, -0.15) is 8.78 Å². The number of anilines is 1. The Hall–Kier alpha value is -3.04. The van der Waals surface area contributed by atoms with E-state index in [0.29, 0.717) is 12.8 Å². The van der Waals surface area contributed by atoms with Crippen LogP contribution in [0.4, 0.5) is 23.5 Å². The lowest BCUT2D eigenvalue weighted by atomic mass is 9.71. The number of nitrogens with zero attached hydrogens (tertiary/aromatic N) is 4. The van der Waals surface area contributed by atoms with E-state index in [2.05, 4.69) is 25.5 Å². The number of hydrogen-bond donors (Lipinski definition) is 1. The molecule has 2 heterocycles. The van der Waals surface area contributed by atoms with Gasteiger partial charge in [-0.1, -0.05) is 12.1 Å². The van der Waals surface area contributed by atoms with Gasteiger partial charge in [-0.3, -0.25) is 0 Å². The summed E-state index contributed by atoms with van der Waals surface area (Å²) in [5, 5.41) is 9.84. The first-order chi connectivity index (χ1) is 13.0. The second-order valence-corrected chi connectivity index (χ2v) is 6.17. The Morgan fingerprint density at radius 2 is 1.93 bits per heavy atom. The second kappa shape index (κ2) is 6.60. The normalized spacial score (nSPS) is 15.6. The average molecular weight is 379 g/mol. The molecule has 0 aliphatic heterocycles. The molecule has 140 valence electrons. The fourth-order valence-corrected chi connectivity index (χ4v) is 3.04. The Kier molecular flexibility index (Phi) is 4.25. The largest absolute Gasteiger partial charge is 0.414 e. The third-order valence-corrected chi connectivity index (χ3v) is 4.53. The van der Waals surface area contributed by atoms with Gasteiger partial charge in [-0.15, -0.1) is 10.2 Å². The Morgan fingerprint density at radius 1 is 1.11 bits per heavy atom. The van der Waals surface area contributed by atoms with Crippen LogP contribution in [0.25, 0.3) is 11.6 Å². The summed E-state index contributed by atoms with van der Waals surface area (Å²) in [6.07, 6.45) is 0.448. The van der Waals surface area contributed by atoms with E-state index in [0.717, 1.165) is 12.5 Å². The highest BCUT2D eigenvalue weighted by Crippen LogP contribution is 2.44. The summed E-state index contributed by atoms with van der Waals surface area (Å²) in [5.74, 6) is -2.72. The summed E-state index contributed by atoms with van der Waals surface area (Å²) in [7, 11) is 0. The molecular formula is C17H13F4N5O. The molecule has 4 rings (SSSR count). The van der Waals surface area contributed by atoms with Crippen LogP contribution in [0.2, 0.25) is 0 Å². The fourth-order valence-electron chi connectivity index (χ4n) is 3.04. The molecule has 27 heavy (non-hydrogen) atoms. The minimum absolute atomic E-state index is 0.118. The molecule has 1 aliphatic rings. The monoisotopic (exact) mass is 379 g/mol. The quantitative estimate of drug-likeness (QED) is 0.669. The third kappa shape index (κ3) is 3.11. The smallest absolute Gasteiger partial charge is 0.314 e. The summed E-state index contributed by atoms with van der Waals surface area (Å²) in [6, 6.07) is 5.43. The van der Waals surface area contributed by atoms with Crippen molar-refractivity contribution in [3.63, 3.8) is 0 Å². The van der Waals surface area contributed by atoms with E-state index in [1.165, 1.54) is 24.4 Å². The summed E-state index contributed by atoms with van der Waals surface area (Å²) in [5.41, 5.74) is -0.505. The van der Waals surface area contributed by atoms with Gasteiger partial charge < -0.3 is 9.73 Å². The van der Waals surface area contributed by atoms with Crippen molar-refractivity contribution in [1.82, 2.24) is 20.2 Å². The van der Waals surface area contributed by atoms with Crippen LogP contribution in [0.15, 0.2) is 34.9 Å². The number of halogens is 4. The SMILES string of the molecule is Fc1cccc(C2(Nc3nccc(-c4nnc(C(F)F)o4)n3)CCC2)c1F. The lowest BCUT2D eigenvalue weighted by Crippen LogP contribution is -2.43. The first kappa shape index (κ1) is 17.4. The summed E-state index contributed by atoms with van der Waals surface area (Å²) in [4.78, 5) is 8.26. The molecule has 0 radical (unpaired) electrons. The van der Waals surface area contributed by atoms with E-state index in [4.69, 9.17) is 4.42 Å². The van der Waals surface area contributed by atoms with E-state index in [1.54, 1.807) is 0 Å². The van der Waals surface area contributed by atoms with E-state index in [9.17, 15) is 17.6 Å². The predicted octanol–water partition coefficient (Wildman–Crippen LogP) is 4.23. The fraction of sp³-hybridized carbons (Fsp3) is 0.294. The van der Waals surface area contributed by atoms with Crippen molar-refractivity contribution in [3.8, 4) is 11.6 Å². The maximum absolute atomic E-state index is 14.3. The maximum Gasteiger partial charge on any atom is 0.314 e. The van der Waals surface area contributed by atoms with Crippen molar-refractivity contribution < 1.29 is 22.0 Å². The third-order valence-electron chi connectivity index (χ3n) is 4.53. The standard InChI is InChI=1S/C17H13F4N5O/c18-10-4-1-3-9(12(10)19)17(6-2-7-17)24-16-22-8-5-11(23-16)14-25-26-15(27-14)13(20)21/h1,3-5,8,13H,2,6-7H2,(H,22,23,24). The predicted molar refractivity (Wildman–Crippen MR) is 85.8 cm³/mol. The molecule has 0 unspecified atom stereocenters. The van der Waals surface area contributed by atoms with Crippen molar-refractivity contribution in [2.75, 3.05) is 5.32 Å². The van der Waals surface area contributed by atoms with E-state index in [1.807, 2.05) is 0 Å². The summed E-state index contributed by atoms with van der Waals surface area (Å²) in [6.45, 7) is 0. The second-order valence-electron chi connectivity index (χ2n) is 6.17. The molecule has 1 N–H and O–H groups in total. The highest BCUT2D eigenvalue weighted by atomic mass is 19.3. The molecule has 1 fully saturated rings. The topological polar surface area (TPSA) is 76.7 Å². The van der Waals surface area contributed by atoms with Gasteiger partial charge in [0.2, 0.25) is 5.95 Å². The van der Waals surface area contributed by atoms with Crippen molar-refractivity contribution in [2.45, 2.75) is 31.2 Å². The first-order valence-electron chi connectivity index (χ1n) is 8.16. The molecule has 0 saturated heterocycles. The molecule has 6 nitrogen and oxygen atoms in total. The minimum atomic E-state index is -2.89. The molecule has 0 amide bonds. The van der Waals surface area contributed by atoms with E-state index >= 15 is 0 Å². The van der Waals surface area contributed by atoms with Gasteiger partial charge in [0.1, 0.15) is 5.69 Å². The molecule has 0 spiro atoms. The van der Waals surface area contributed by atoms with Crippen LogP contribution < -0.4 is 5.32 Å². The Bertz CT molecular complexity index is 973. The van der Waals surface area contributed by atoms with Crippen LogP contribution in [0.5, 0.6) is 0 Å². The zero-order chi connectivity index (χ0) is 19.0. The minimum Gasteiger partial charge on any atom is -0.414 e. The molecule has 10 heteroatoms. The number of rotatable bonds is 5. The van der Waals surface area contributed by atoms with Crippen molar-refractivity contribution in [3.05, 3.63) is 53.6 Å². The van der Waals surface area contributed by atoms with Gasteiger partial charge >= 0.3 is 6.43 Å². The van der Waals surface area contributed by atoms with Gasteiger partial charge in [0, 0.05) is 11.8 Å². The number of nitrogens with one attached hydrogen (secondary N) is 1. The number of aromatic nitrogens is 4. The zero-order valence-electron chi connectivity index (χ0n) is 13.8. The first-order valence-corrected chi connectivity index (χ1v) is 8.16. The van der Waals surface area contributed by atoms with Crippen molar-refractivity contribution in [1.29, 1.82) is 0 Å². The maximum atomic E-state index is 14.3. The van der Waals surface area contributed by atoms with Gasteiger partial charge in [0.05, 0.1) is 5.54 Å². The van der Waals surface area contributed by atoms with Gasteiger partial charge in [0.15, 0.2) is 11.6 Å². The Labute approximate surface area is 150 Å². The van der Waals surface area contributed by atoms with Crippen LogP contribution in [0.3, 0.4) is 0 Å². The molecule has 0 atom stereocenters. The lowest BCUT2D eigenvalue weighted by Gasteiger charge is -2.43. The molecule has 0 bridgehead atoms. The Balaban J connectivity index is 1.65. The lowest BCUT2D eigenvalue weighted by molar-refractivity contribution is 0.116. The average Bonchev–Trinajstić information content (AvgIpc) is 3.12. The van der Waals surface area contributed by atoms with Crippen molar-refractivity contribution >= 4 is 5.95 Å². The Morgan fingerprint density at radius 3 is 2.59 bits per heavy atom. The van der Waals surface area contributed by atoms with Crippen LogP contribution in [0.1, 0.15) is 37.1 Å². The summed E-state index contributed by atoms with van der Waals surface area (Å²) >= 11 is 0. The van der Waals surface area contributed by atoms with Gasteiger partial charge in [0.25, 0.3) is 11.8 Å². The number of hydrogen-bond acceptors (Lipinski definition) is 6. The van der Waals surface area contributed by atoms with Crippen LogP contribution in [-0.4, -0.2) is 20.2 Å². The molecule has 3 aromatic rings. The van der Waals surface area contributed by atoms with E-state index < -0.39 is 29.5 Å².